The van der Waals surface area contributed by atoms with E-state index < -0.39 is 8.32 Å². The van der Waals surface area contributed by atoms with E-state index in [2.05, 4.69) is 40.8 Å². The zero-order valence-electron chi connectivity index (χ0n) is 19.2. The van der Waals surface area contributed by atoms with Crippen LogP contribution in [0, 0.1) is 0 Å². The number of rotatable bonds is 13. The number of ketones is 1. The summed E-state index contributed by atoms with van der Waals surface area (Å²) in [5.74, 6) is 0.914. The van der Waals surface area contributed by atoms with Gasteiger partial charge in [0.15, 0.2) is 5.78 Å². The van der Waals surface area contributed by atoms with Crippen molar-refractivity contribution < 1.29 is 9.22 Å². The fourth-order valence-corrected chi connectivity index (χ4v) is 4.04. The Morgan fingerprint density at radius 2 is 1.50 bits per heavy atom. The Hall–Kier alpha value is -1.29. The van der Waals surface area contributed by atoms with Crippen LogP contribution in [-0.4, -0.2) is 14.1 Å². The lowest BCUT2D eigenvalue weighted by molar-refractivity contribution is 0.0979. The average molecular weight is 406 g/mol. The van der Waals surface area contributed by atoms with Crippen molar-refractivity contribution in [2.75, 3.05) is 5.73 Å². The molecule has 28 heavy (non-hydrogen) atoms. The predicted molar refractivity (Wildman–Crippen MR) is 125 cm³/mol. The Bertz CT molecular complexity index is 605. The molecule has 1 aromatic carbocycles. The molecule has 4 heteroatoms. The number of hydrogen-bond donors (Lipinski definition) is 1. The fraction of sp³-hybridized carbons (Fsp3) is 0.708. The molecule has 0 unspecified atom stereocenters. The highest BCUT2D eigenvalue weighted by Gasteiger charge is 2.39. The van der Waals surface area contributed by atoms with E-state index in [4.69, 9.17) is 10.2 Å². The molecule has 0 spiro atoms. The third-order valence-electron chi connectivity index (χ3n) is 6.01. The van der Waals surface area contributed by atoms with Gasteiger partial charge in [-0.3, -0.25) is 4.79 Å². The van der Waals surface area contributed by atoms with Crippen molar-refractivity contribution in [2.24, 2.45) is 0 Å². The molecule has 0 aliphatic rings. The summed E-state index contributed by atoms with van der Waals surface area (Å²) in [6.07, 6.45) is 11.9. The summed E-state index contributed by atoms with van der Waals surface area (Å²) >= 11 is 0. The molecule has 0 saturated heterocycles. The van der Waals surface area contributed by atoms with Crippen LogP contribution in [0.1, 0.15) is 102 Å². The lowest BCUT2D eigenvalue weighted by Gasteiger charge is -2.36. The largest absolute Gasteiger partial charge is 0.543 e. The van der Waals surface area contributed by atoms with Crippen molar-refractivity contribution in [2.45, 2.75) is 110 Å². The number of hydrogen-bond acceptors (Lipinski definition) is 3. The molecule has 0 aliphatic heterocycles. The summed E-state index contributed by atoms with van der Waals surface area (Å²) in [6.45, 7) is 13.3. The van der Waals surface area contributed by atoms with E-state index in [0.29, 0.717) is 17.7 Å². The first-order valence-corrected chi connectivity index (χ1v) is 14.1. The third kappa shape index (κ3) is 8.38. The Labute approximate surface area is 174 Å². The SMILES string of the molecule is CCCCCCCCCCCC(=O)c1cc(O[Si](C)(C)C(C)(C)C)ccc1N. The number of nitrogen functional groups attached to an aromatic ring is 1. The van der Waals surface area contributed by atoms with Gasteiger partial charge in [0.2, 0.25) is 8.32 Å². The second-order valence-corrected chi connectivity index (χ2v) is 14.3. The molecule has 0 bridgehead atoms. The van der Waals surface area contributed by atoms with E-state index in [1.807, 2.05) is 18.2 Å². The van der Waals surface area contributed by atoms with E-state index >= 15 is 0 Å². The summed E-state index contributed by atoms with van der Waals surface area (Å²) in [5, 5.41) is 0.120. The van der Waals surface area contributed by atoms with Crippen molar-refractivity contribution in [3.8, 4) is 5.75 Å². The monoisotopic (exact) mass is 405 g/mol. The summed E-state index contributed by atoms with van der Waals surface area (Å²) in [7, 11) is -1.93. The minimum Gasteiger partial charge on any atom is -0.543 e. The van der Waals surface area contributed by atoms with Crippen LogP contribution < -0.4 is 10.2 Å². The Morgan fingerprint density at radius 3 is 2.04 bits per heavy atom. The maximum Gasteiger partial charge on any atom is 0.250 e. The molecule has 1 rings (SSSR count). The zero-order chi connectivity index (χ0) is 21.2. The zero-order valence-corrected chi connectivity index (χ0v) is 20.2. The first-order valence-electron chi connectivity index (χ1n) is 11.2. The third-order valence-corrected chi connectivity index (χ3v) is 10.4. The molecular formula is C24H43NO2Si. The highest BCUT2D eigenvalue weighted by molar-refractivity contribution is 6.74. The number of Topliss-reactive ketones (excluding diaryl/α,β-unsaturated/α-hetero) is 1. The predicted octanol–water partition coefficient (Wildman–Crippen LogP) is 7.76. The van der Waals surface area contributed by atoms with Crippen LogP contribution in [0.2, 0.25) is 18.1 Å². The number of anilines is 1. The second-order valence-electron chi connectivity index (χ2n) is 9.61. The quantitative estimate of drug-likeness (QED) is 0.158. The lowest BCUT2D eigenvalue weighted by atomic mass is 10.0. The van der Waals surface area contributed by atoms with Crippen LogP contribution in [0.25, 0.3) is 0 Å². The van der Waals surface area contributed by atoms with Gasteiger partial charge < -0.3 is 10.2 Å². The normalized spacial score (nSPS) is 12.2. The molecule has 0 aliphatic carbocycles. The second kappa shape index (κ2) is 11.6. The van der Waals surface area contributed by atoms with Crippen molar-refractivity contribution in [1.29, 1.82) is 0 Å². The molecule has 0 aromatic heterocycles. The number of nitrogens with two attached hydrogens (primary N) is 1. The molecule has 3 nitrogen and oxygen atoms in total. The van der Waals surface area contributed by atoms with Gasteiger partial charge in [0.05, 0.1) is 0 Å². The van der Waals surface area contributed by atoms with Gasteiger partial charge >= 0.3 is 0 Å². The van der Waals surface area contributed by atoms with Crippen molar-refractivity contribution in [1.82, 2.24) is 0 Å². The topological polar surface area (TPSA) is 52.3 Å². The summed E-state index contributed by atoms with van der Waals surface area (Å²) < 4.78 is 6.34. The molecule has 1 aromatic rings. The molecule has 0 saturated carbocycles. The van der Waals surface area contributed by atoms with Gasteiger partial charge in [0.25, 0.3) is 0 Å². The van der Waals surface area contributed by atoms with Crippen LogP contribution in [0.3, 0.4) is 0 Å². The minimum atomic E-state index is -1.93. The first kappa shape index (κ1) is 24.7. The van der Waals surface area contributed by atoms with E-state index in [0.717, 1.165) is 18.6 Å². The van der Waals surface area contributed by atoms with E-state index in [-0.39, 0.29) is 10.8 Å². The molecule has 2 N–H and O–H groups in total. The summed E-state index contributed by atoms with van der Waals surface area (Å²) in [6, 6.07) is 5.56. The Kier molecular flexibility index (Phi) is 10.3. The summed E-state index contributed by atoms with van der Waals surface area (Å²) in [5.41, 5.74) is 7.26. The van der Waals surface area contributed by atoms with Crippen LogP contribution in [0.5, 0.6) is 5.75 Å². The number of carbonyl (C=O) groups is 1. The van der Waals surface area contributed by atoms with Gasteiger partial charge in [-0.2, -0.15) is 0 Å². The number of benzene rings is 1. The first-order chi connectivity index (χ1) is 13.1. The fourth-order valence-electron chi connectivity index (χ4n) is 3.02. The Morgan fingerprint density at radius 1 is 0.964 bits per heavy atom. The lowest BCUT2D eigenvalue weighted by Crippen LogP contribution is -2.43. The molecular weight excluding hydrogens is 362 g/mol. The van der Waals surface area contributed by atoms with Gasteiger partial charge in [0.1, 0.15) is 5.75 Å². The van der Waals surface area contributed by atoms with Gasteiger partial charge in [-0.25, -0.2) is 0 Å². The van der Waals surface area contributed by atoms with Gasteiger partial charge in [0, 0.05) is 17.7 Å². The molecule has 0 radical (unpaired) electrons. The summed E-state index contributed by atoms with van der Waals surface area (Å²) in [4.78, 5) is 12.7. The van der Waals surface area contributed by atoms with Gasteiger partial charge in [-0.15, -0.1) is 0 Å². The highest BCUT2D eigenvalue weighted by atomic mass is 28.4. The van der Waals surface area contributed by atoms with E-state index in [1.54, 1.807) is 0 Å². The maximum atomic E-state index is 12.7. The van der Waals surface area contributed by atoms with Crippen LogP contribution >= 0.6 is 0 Å². The molecule has 0 atom stereocenters. The average Bonchev–Trinajstić information content (AvgIpc) is 2.60. The van der Waals surface area contributed by atoms with Crippen LogP contribution in [-0.2, 0) is 0 Å². The van der Waals surface area contributed by atoms with E-state index in [1.165, 1.54) is 44.9 Å². The highest BCUT2D eigenvalue weighted by Crippen LogP contribution is 2.38. The maximum absolute atomic E-state index is 12.7. The van der Waals surface area contributed by atoms with Gasteiger partial charge in [-0.1, -0.05) is 79.1 Å². The van der Waals surface area contributed by atoms with Crippen LogP contribution in [0.4, 0.5) is 5.69 Å². The van der Waals surface area contributed by atoms with Gasteiger partial charge in [-0.05, 0) is 42.8 Å². The van der Waals surface area contributed by atoms with Crippen LogP contribution in [0.15, 0.2) is 18.2 Å². The standard InChI is InChI=1S/C24H43NO2Si/c1-7-8-9-10-11-12-13-14-15-16-23(26)21-19-20(17-18-22(21)25)27-28(5,6)24(2,3)4/h17-19H,7-16,25H2,1-6H3. The Balaban J connectivity index is 2.48. The molecule has 160 valence electrons. The number of carbonyl (C=O) groups excluding carboxylic acids is 1. The van der Waals surface area contributed by atoms with Crippen molar-refractivity contribution in [3.05, 3.63) is 23.8 Å². The minimum absolute atomic E-state index is 0.120. The van der Waals surface area contributed by atoms with E-state index in [9.17, 15) is 4.79 Å². The molecule has 0 fully saturated rings. The number of unbranched alkanes of at least 4 members (excludes halogenated alkanes) is 8. The molecule has 0 heterocycles. The van der Waals surface area contributed by atoms with Crippen molar-refractivity contribution in [3.63, 3.8) is 0 Å². The van der Waals surface area contributed by atoms with Crippen molar-refractivity contribution >= 4 is 19.8 Å². The molecule has 0 amide bonds. The smallest absolute Gasteiger partial charge is 0.250 e.